The fourth-order valence-electron chi connectivity index (χ4n) is 2.10. The van der Waals surface area contributed by atoms with Gasteiger partial charge in [-0.1, -0.05) is 0 Å². The SMILES string of the molecule is CNCCNc1cc(N(C)C2CCC2)nc(C)n1. The van der Waals surface area contributed by atoms with Crippen molar-refractivity contribution in [1.82, 2.24) is 15.3 Å². The van der Waals surface area contributed by atoms with Gasteiger partial charge in [-0.3, -0.25) is 0 Å². The van der Waals surface area contributed by atoms with Gasteiger partial charge < -0.3 is 15.5 Å². The maximum absolute atomic E-state index is 4.52. The topological polar surface area (TPSA) is 53.1 Å². The monoisotopic (exact) mass is 249 g/mol. The van der Waals surface area contributed by atoms with Crippen molar-refractivity contribution in [3.8, 4) is 0 Å². The van der Waals surface area contributed by atoms with Crippen molar-refractivity contribution in [2.75, 3.05) is 37.4 Å². The molecule has 0 amide bonds. The largest absolute Gasteiger partial charge is 0.369 e. The Labute approximate surface area is 109 Å². The van der Waals surface area contributed by atoms with Crippen LogP contribution in [0.25, 0.3) is 0 Å². The number of likely N-dealkylation sites (N-methyl/N-ethyl adjacent to an activating group) is 1. The van der Waals surface area contributed by atoms with Crippen molar-refractivity contribution < 1.29 is 0 Å². The minimum Gasteiger partial charge on any atom is -0.369 e. The molecule has 1 aromatic rings. The van der Waals surface area contributed by atoms with Gasteiger partial charge in [0.15, 0.2) is 0 Å². The molecule has 100 valence electrons. The minimum absolute atomic E-state index is 0.657. The summed E-state index contributed by atoms with van der Waals surface area (Å²) >= 11 is 0. The van der Waals surface area contributed by atoms with Crippen LogP contribution in [0.1, 0.15) is 25.1 Å². The van der Waals surface area contributed by atoms with Crippen LogP contribution in [0.15, 0.2) is 6.07 Å². The highest BCUT2D eigenvalue weighted by atomic mass is 15.2. The highest BCUT2D eigenvalue weighted by Gasteiger charge is 2.23. The maximum Gasteiger partial charge on any atom is 0.134 e. The van der Waals surface area contributed by atoms with Crippen molar-refractivity contribution in [2.45, 2.75) is 32.2 Å². The van der Waals surface area contributed by atoms with E-state index in [1.54, 1.807) is 0 Å². The van der Waals surface area contributed by atoms with E-state index in [1.807, 2.05) is 20.0 Å². The lowest BCUT2D eigenvalue weighted by molar-refractivity contribution is 0.399. The van der Waals surface area contributed by atoms with E-state index in [1.165, 1.54) is 19.3 Å². The number of rotatable bonds is 6. The summed E-state index contributed by atoms with van der Waals surface area (Å²) in [5, 5.41) is 6.43. The molecule has 2 rings (SSSR count). The van der Waals surface area contributed by atoms with Crippen LogP contribution < -0.4 is 15.5 Å². The van der Waals surface area contributed by atoms with E-state index in [2.05, 4.69) is 32.5 Å². The number of nitrogens with zero attached hydrogens (tertiary/aromatic N) is 3. The molecule has 1 aliphatic carbocycles. The molecule has 0 saturated heterocycles. The molecule has 0 spiro atoms. The quantitative estimate of drug-likeness (QED) is 0.747. The summed E-state index contributed by atoms with van der Waals surface area (Å²) in [6.45, 7) is 3.75. The number of aromatic nitrogens is 2. The summed E-state index contributed by atoms with van der Waals surface area (Å²) in [6.07, 6.45) is 3.90. The lowest BCUT2D eigenvalue weighted by Gasteiger charge is -2.35. The van der Waals surface area contributed by atoms with Gasteiger partial charge in [-0.15, -0.1) is 0 Å². The predicted molar refractivity (Wildman–Crippen MR) is 75.2 cm³/mol. The van der Waals surface area contributed by atoms with Gasteiger partial charge in [-0.05, 0) is 33.2 Å². The molecular weight excluding hydrogens is 226 g/mol. The van der Waals surface area contributed by atoms with Gasteiger partial charge in [0.2, 0.25) is 0 Å². The molecule has 1 aromatic heterocycles. The molecule has 2 N–H and O–H groups in total. The van der Waals surface area contributed by atoms with Gasteiger partial charge >= 0.3 is 0 Å². The van der Waals surface area contributed by atoms with E-state index in [9.17, 15) is 0 Å². The number of anilines is 2. The highest BCUT2D eigenvalue weighted by Crippen LogP contribution is 2.27. The Morgan fingerprint density at radius 2 is 2.11 bits per heavy atom. The lowest BCUT2D eigenvalue weighted by Crippen LogP contribution is -2.37. The van der Waals surface area contributed by atoms with Crippen LogP contribution in [-0.2, 0) is 0 Å². The van der Waals surface area contributed by atoms with Crippen LogP contribution >= 0.6 is 0 Å². The Balaban J connectivity index is 2.05. The molecule has 1 heterocycles. The summed E-state index contributed by atoms with van der Waals surface area (Å²) in [7, 11) is 4.08. The van der Waals surface area contributed by atoms with Crippen molar-refractivity contribution >= 4 is 11.6 Å². The number of aryl methyl sites for hydroxylation is 1. The fourth-order valence-corrected chi connectivity index (χ4v) is 2.10. The Hall–Kier alpha value is -1.36. The third kappa shape index (κ3) is 3.10. The minimum atomic E-state index is 0.657. The summed E-state index contributed by atoms with van der Waals surface area (Å²) in [4.78, 5) is 11.2. The smallest absolute Gasteiger partial charge is 0.134 e. The van der Waals surface area contributed by atoms with Gasteiger partial charge in [0.05, 0.1) is 0 Å². The number of hydrogen-bond acceptors (Lipinski definition) is 5. The second kappa shape index (κ2) is 6.00. The van der Waals surface area contributed by atoms with E-state index in [0.29, 0.717) is 6.04 Å². The summed E-state index contributed by atoms with van der Waals surface area (Å²) in [6, 6.07) is 2.70. The van der Waals surface area contributed by atoms with E-state index in [-0.39, 0.29) is 0 Å². The number of nitrogens with one attached hydrogen (secondary N) is 2. The van der Waals surface area contributed by atoms with Gasteiger partial charge in [-0.2, -0.15) is 0 Å². The van der Waals surface area contributed by atoms with Crippen LogP contribution in [0, 0.1) is 6.92 Å². The second-order valence-electron chi connectivity index (χ2n) is 4.88. The summed E-state index contributed by atoms with van der Waals surface area (Å²) in [5.74, 6) is 2.77. The second-order valence-corrected chi connectivity index (χ2v) is 4.88. The van der Waals surface area contributed by atoms with Crippen molar-refractivity contribution in [2.24, 2.45) is 0 Å². The third-order valence-electron chi connectivity index (χ3n) is 3.49. The van der Waals surface area contributed by atoms with Crippen LogP contribution in [0.3, 0.4) is 0 Å². The standard InChI is InChI=1S/C13H23N5/c1-10-16-12(15-8-7-14-2)9-13(17-10)18(3)11-5-4-6-11/h9,11,14H,4-8H2,1-3H3,(H,15,16,17). The average Bonchev–Trinajstić information content (AvgIpc) is 2.26. The lowest BCUT2D eigenvalue weighted by atomic mass is 9.92. The van der Waals surface area contributed by atoms with E-state index < -0.39 is 0 Å². The van der Waals surface area contributed by atoms with Crippen molar-refractivity contribution in [3.05, 3.63) is 11.9 Å². The first-order valence-electron chi connectivity index (χ1n) is 6.67. The molecule has 0 unspecified atom stereocenters. The summed E-state index contributed by atoms with van der Waals surface area (Å²) in [5.41, 5.74) is 0. The van der Waals surface area contributed by atoms with Gasteiger partial charge in [0.25, 0.3) is 0 Å². The first-order valence-corrected chi connectivity index (χ1v) is 6.67. The molecule has 18 heavy (non-hydrogen) atoms. The zero-order chi connectivity index (χ0) is 13.0. The predicted octanol–water partition coefficient (Wildman–Crippen LogP) is 1.41. The first-order chi connectivity index (χ1) is 8.70. The highest BCUT2D eigenvalue weighted by molar-refractivity contribution is 5.49. The molecule has 0 aliphatic heterocycles. The Morgan fingerprint density at radius 3 is 2.72 bits per heavy atom. The molecule has 0 atom stereocenters. The summed E-state index contributed by atoms with van der Waals surface area (Å²) < 4.78 is 0. The van der Waals surface area contributed by atoms with Crippen LogP contribution in [0.4, 0.5) is 11.6 Å². The van der Waals surface area contributed by atoms with Gasteiger partial charge in [0, 0.05) is 32.2 Å². The fraction of sp³-hybridized carbons (Fsp3) is 0.692. The normalized spacial score (nSPS) is 15.3. The van der Waals surface area contributed by atoms with Gasteiger partial charge in [-0.25, -0.2) is 9.97 Å². The Morgan fingerprint density at radius 1 is 1.33 bits per heavy atom. The molecule has 1 saturated carbocycles. The molecule has 0 aromatic carbocycles. The molecule has 5 heteroatoms. The van der Waals surface area contributed by atoms with Gasteiger partial charge in [0.1, 0.15) is 17.5 Å². The molecule has 0 radical (unpaired) electrons. The molecule has 0 bridgehead atoms. The third-order valence-corrected chi connectivity index (χ3v) is 3.49. The zero-order valence-electron chi connectivity index (χ0n) is 11.5. The number of hydrogen-bond donors (Lipinski definition) is 2. The average molecular weight is 249 g/mol. The van der Waals surface area contributed by atoms with Crippen molar-refractivity contribution in [1.29, 1.82) is 0 Å². The Bertz CT molecular complexity index is 389. The molecule has 5 nitrogen and oxygen atoms in total. The van der Waals surface area contributed by atoms with E-state index >= 15 is 0 Å². The first kappa shape index (κ1) is 13.1. The van der Waals surface area contributed by atoms with Crippen LogP contribution in [0.5, 0.6) is 0 Å². The Kier molecular flexibility index (Phi) is 4.36. The maximum atomic E-state index is 4.52. The molecular formula is C13H23N5. The van der Waals surface area contributed by atoms with E-state index in [0.717, 1.165) is 30.5 Å². The zero-order valence-corrected chi connectivity index (χ0v) is 11.5. The van der Waals surface area contributed by atoms with Crippen LogP contribution in [0.2, 0.25) is 0 Å². The van der Waals surface area contributed by atoms with E-state index in [4.69, 9.17) is 0 Å². The van der Waals surface area contributed by atoms with Crippen LogP contribution in [-0.4, -0.2) is 43.2 Å². The molecule has 1 fully saturated rings. The van der Waals surface area contributed by atoms with Crippen molar-refractivity contribution in [3.63, 3.8) is 0 Å². The molecule has 1 aliphatic rings.